The van der Waals surface area contributed by atoms with Gasteiger partial charge in [-0.2, -0.15) is 0 Å². The smallest absolute Gasteiger partial charge is 0.104 e. The van der Waals surface area contributed by atoms with Gasteiger partial charge in [-0.05, 0) is 36.8 Å². The molecule has 2 N–H and O–H groups in total. The third kappa shape index (κ3) is 3.04. The SMILES string of the molecule is NC(=S)c1ccccc1CN1CCC2CCCCC2C1. The Morgan fingerprint density at radius 3 is 2.70 bits per heavy atom. The first-order valence-corrected chi connectivity index (χ1v) is 8.25. The van der Waals surface area contributed by atoms with Gasteiger partial charge in [0.1, 0.15) is 4.99 Å². The summed E-state index contributed by atoms with van der Waals surface area (Å²) in [5.41, 5.74) is 8.17. The minimum absolute atomic E-state index is 0.521. The molecule has 1 aliphatic carbocycles. The number of benzene rings is 1. The second-order valence-corrected chi connectivity index (χ2v) is 6.79. The zero-order valence-corrected chi connectivity index (χ0v) is 12.9. The Morgan fingerprint density at radius 2 is 1.90 bits per heavy atom. The van der Waals surface area contributed by atoms with Gasteiger partial charge in [-0.3, -0.25) is 4.90 Å². The van der Waals surface area contributed by atoms with Crippen LogP contribution in [0.3, 0.4) is 0 Å². The quantitative estimate of drug-likeness (QED) is 0.865. The standard InChI is InChI=1S/C17H24N2S/c18-17(20)16-8-4-3-7-15(16)12-19-10-9-13-5-1-2-6-14(13)11-19/h3-4,7-8,13-14H,1-2,5-6,9-12H2,(H2,18,20). The summed E-state index contributed by atoms with van der Waals surface area (Å²) in [4.78, 5) is 3.12. The summed E-state index contributed by atoms with van der Waals surface area (Å²) in [5.74, 6) is 1.92. The van der Waals surface area contributed by atoms with E-state index in [2.05, 4.69) is 17.0 Å². The van der Waals surface area contributed by atoms with Crippen molar-refractivity contribution >= 4 is 17.2 Å². The van der Waals surface area contributed by atoms with Crippen molar-refractivity contribution in [3.05, 3.63) is 35.4 Å². The van der Waals surface area contributed by atoms with Gasteiger partial charge in [-0.1, -0.05) is 55.7 Å². The third-order valence-electron chi connectivity index (χ3n) is 5.05. The molecule has 1 heterocycles. The van der Waals surface area contributed by atoms with E-state index in [1.807, 2.05) is 12.1 Å². The molecular formula is C17H24N2S. The van der Waals surface area contributed by atoms with Crippen LogP contribution < -0.4 is 5.73 Å². The van der Waals surface area contributed by atoms with Crippen LogP contribution in [0.1, 0.15) is 43.2 Å². The molecule has 2 fully saturated rings. The third-order valence-corrected chi connectivity index (χ3v) is 5.27. The molecule has 0 amide bonds. The van der Waals surface area contributed by atoms with E-state index in [4.69, 9.17) is 18.0 Å². The van der Waals surface area contributed by atoms with Crippen LogP contribution in [0.2, 0.25) is 0 Å². The molecular weight excluding hydrogens is 264 g/mol. The minimum atomic E-state index is 0.521. The highest BCUT2D eigenvalue weighted by Gasteiger charge is 2.31. The highest BCUT2D eigenvalue weighted by molar-refractivity contribution is 7.80. The number of hydrogen-bond donors (Lipinski definition) is 1. The fourth-order valence-corrected chi connectivity index (χ4v) is 4.16. The van der Waals surface area contributed by atoms with Crippen LogP contribution in [0.15, 0.2) is 24.3 Å². The molecule has 1 saturated carbocycles. The first kappa shape index (κ1) is 14.0. The maximum atomic E-state index is 5.84. The van der Waals surface area contributed by atoms with Gasteiger partial charge in [-0.15, -0.1) is 0 Å². The number of nitrogens with zero attached hydrogens (tertiary/aromatic N) is 1. The Labute approximate surface area is 127 Å². The van der Waals surface area contributed by atoms with Crippen molar-refractivity contribution in [3.8, 4) is 0 Å². The van der Waals surface area contributed by atoms with Crippen LogP contribution in [-0.4, -0.2) is 23.0 Å². The molecule has 1 saturated heterocycles. The van der Waals surface area contributed by atoms with E-state index in [-0.39, 0.29) is 0 Å². The molecule has 0 radical (unpaired) electrons. The van der Waals surface area contributed by atoms with Crippen LogP contribution in [0, 0.1) is 11.8 Å². The largest absolute Gasteiger partial charge is 0.389 e. The predicted molar refractivity (Wildman–Crippen MR) is 87.7 cm³/mol. The lowest BCUT2D eigenvalue weighted by Gasteiger charge is -2.41. The van der Waals surface area contributed by atoms with E-state index in [9.17, 15) is 0 Å². The molecule has 1 aromatic rings. The Kier molecular flexibility index (Phi) is 4.37. The molecule has 0 bridgehead atoms. The average Bonchev–Trinajstić information content (AvgIpc) is 2.47. The van der Waals surface area contributed by atoms with Gasteiger partial charge >= 0.3 is 0 Å². The normalized spacial score (nSPS) is 27.0. The van der Waals surface area contributed by atoms with Crippen molar-refractivity contribution < 1.29 is 0 Å². The first-order valence-electron chi connectivity index (χ1n) is 7.84. The molecule has 1 aromatic carbocycles. The second-order valence-electron chi connectivity index (χ2n) is 6.35. The van der Waals surface area contributed by atoms with Gasteiger partial charge in [0.2, 0.25) is 0 Å². The van der Waals surface area contributed by atoms with Gasteiger partial charge in [0, 0.05) is 18.7 Å². The molecule has 108 valence electrons. The van der Waals surface area contributed by atoms with Crippen LogP contribution in [0.25, 0.3) is 0 Å². The average molecular weight is 288 g/mol. The number of thiocarbonyl (C=S) groups is 1. The van der Waals surface area contributed by atoms with Crippen LogP contribution >= 0.6 is 12.2 Å². The van der Waals surface area contributed by atoms with E-state index in [0.717, 1.165) is 23.9 Å². The highest BCUT2D eigenvalue weighted by atomic mass is 32.1. The van der Waals surface area contributed by atoms with Gasteiger partial charge in [0.25, 0.3) is 0 Å². The topological polar surface area (TPSA) is 29.3 Å². The summed E-state index contributed by atoms with van der Waals surface area (Å²) in [5, 5.41) is 0. The molecule has 20 heavy (non-hydrogen) atoms. The summed E-state index contributed by atoms with van der Waals surface area (Å²) in [6.45, 7) is 3.49. The van der Waals surface area contributed by atoms with E-state index in [1.54, 1.807) is 0 Å². The maximum absolute atomic E-state index is 5.84. The van der Waals surface area contributed by atoms with Crippen molar-refractivity contribution in [2.75, 3.05) is 13.1 Å². The summed E-state index contributed by atoms with van der Waals surface area (Å²) < 4.78 is 0. The van der Waals surface area contributed by atoms with Crippen molar-refractivity contribution in [3.63, 3.8) is 0 Å². The lowest BCUT2D eigenvalue weighted by Crippen LogP contribution is -2.41. The molecule has 3 rings (SSSR count). The zero-order valence-electron chi connectivity index (χ0n) is 12.1. The Bertz CT molecular complexity index is 486. The number of piperidine rings is 1. The highest BCUT2D eigenvalue weighted by Crippen LogP contribution is 2.36. The van der Waals surface area contributed by atoms with E-state index >= 15 is 0 Å². The van der Waals surface area contributed by atoms with Crippen molar-refractivity contribution in [2.24, 2.45) is 17.6 Å². The fourth-order valence-electron chi connectivity index (χ4n) is 3.96. The van der Waals surface area contributed by atoms with Gasteiger partial charge < -0.3 is 5.73 Å². The molecule has 0 aromatic heterocycles. The van der Waals surface area contributed by atoms with Gasteiger partial charge in [-0.25, -0.2) is 0 Å². The number of likely N-dealkylation sites (tertiary alicyclic amines) is 1. The Hall–Kier alpha value is -0.930. The van der Waals surface area contributed by atoms with Gasteiger partial charge in [0.05, 0.1) is 0 Å². The Balaban J connectivity index is 1.68. The van der Waals surface area contributed by atoms with E-state index in [0.29, 0.717) is 4.99 Å². The van der Waals surface area contributed by atoms with E-state index < -0.39 is 0 Å². The zero-order chi connectivity index (χ0) is 13.9. The van der Waals surface area contributed by atoms with Crippen molar-refractivity contribution in [2.45, 2.75) is 38.6 Å². The molecule has 2 atom stereocenters. The predicted octanol–water partition coefficient (Wildman–Crippen LogP) is 3.33. The minimum Gasteiger partial charge on any atom is -0.389 e. The summed E-state index contributed by atoms with van der Waals surface area (Å²) in [7, 11) is 0. The lowest BCUT2D eigenvalue weighted by molar-refractivity contribution is 0.0820. The first-order chi connectivity index (χ1) is 9.74. The number of nitrogens with two attached hydrogens (primary N) is 1. The number of rotatable bonds is 3. The van der Waals surface area contributed by atoms with Crippen LogP contribution in [0.4, 0.5) is 0 Å². The number of fused-ring (bicyclic) bond motifs is 1. The summed E-state index contributed by atoms with van der Waals surface area (Å²) >= 11 is 5.17. The molecule has 2 aliphatic rings. The van der Waals surface area contributed by atoms with Crippen molar-refractivity contribution in [1.82, 2.24) is 4.90 Å². The second kappa shape index (κ2) is 6.23. The Morgan fingerprint density at radius 1 is 1.15 bits per heavy atom. The fraction of sp³-hybridized carbons (Fsp3) is 0.588. The monoisotopic (exact) mass is 288 g/mol. The molecule has 2 nitrogen and oxygen atoms in total. The molecule has 0 spiro atoms. The van der Waals surface area contributed by atoms with Crippen LogP contribution in [0.5, 0.6) is 0 Å². The number of hydrogen-bond acceptors (Lipinski definition) is 2. The van der Waals surface area contributed by atoms with Gasteiger partial charge in [0.15, 0.2) is 0 Å². The molecule has 3 heteroatoms. The lowest BCUT2D eigenvalue weighted by atomic mass is 9.75. The van der Waals surface area contributed by atoms with Crippen molar-refractivity contribution in [1.29, 1.82) is 0 Å². The maximum Gasteiger partial charge on any atom is 0.104 e. The van der Waals surface area contributed by atoms with E-state index in [1.165, 1.54) is 50.8 Å². The summed E-state index contributed by atoms with van der Waals surface area (Å²) in [6, 6.07) is 8.32. The summed E-state index contributed by atoms with van der Waals surface area (Å²) in [6.07, 6.45) is 7.14. The molecule has 2 unspecified atom stereocenters. The molecule has 1 aliphatic heterocycles. The van der Waals surface area contributed by atoms with Crippen LogP contribution in [-0.2, 0) is 6.54 Å².